The molecule has 5 aromatic rings. The average Bonchev–Trinajstić information content (AvgIpc) is 3.78. The molecule has 1 saturated carbocycles. The smallest absolute Gasteiger partial charge is 0.270 e. The second kappa shape index (κ2) is 10.3. The van der Waals surface area contributed by atoms with Gasteiger partial charge in [0.25, 0.3) is 5.91 Å². The molecule has 0 unspecified atom stereocenters. The number of nitrogens with zero attached hydrogens (tertiary/aromatic N) is 5. The first-order chi connectivity index (χ1) is 20.0. The molecular formula is C29H30N6O5S. The first kappa shape index (κ1) is 25.8. The van der Waals surface area contributed by atoms with Crippen molar-refractivity contribution < 1.29 is 18.4 Å². The van der Waals surface area contributed by atoms with E-state index in [0.29, 0.717) is 71.3 Å². The lowest BCUT2D eigenvalue weighted by Gasteiger charge is -2.27. The van der Waals surface area contributed by atoms with Crippen molar-refractivity contribution in [2.75, 3.05) is 50.6 Å². The zero-order valence-electron chi connectivity index (χ0n) is 22.9. The number of hydrogen-bond donors (Lipinski definition) is 1. The molecule has 212 valence electrons. The van der Waals surface area contributed by atoms with E-state index in [1.165, 1.54) is 11.3 Å². The fraction of sp³-hybridized carbons (Fsp3) is 0.379. The van der Waals surface area contributed by atoms with Gasteiger partial charge < -0.3 is 27.9 Å². The largest absolute Gasteiger partial charge is 0.440 e. The van der Waals surface area contributed by atoms with Crippen LogP contribution in [0.25, 0.3) is 32.6 Å². The van der Waals surface area contributed by atoms with Crippen LogP contribution in [0.4, 0.5) is 17.7 Å². The van der Waals surface area contributed by atoms with E-state index < -0.39 is 0 Å². The number of rotatable bonds is 6. The third kappa shape index (κ3) is 4.66. The molecule has 0 radical (unpaired) electrons. The number of morpholine rings is 1. The van der Waals surface area contributed by atoms with Crippen molar-refractivity contribution in [2.45, 2.75) is 31.7 Å². The van der Waals surface area contributed by atoms with Crippen LogP contribution in [0, 0.1) is 0 Å². The first-order valence-electron chi connectivity index (χ1n) is 13.8. The molecule has 2 aliphatic rings. The average molecular weight is 575 g/mol. The Labute approximate surface area is 239 Å². The molecule has 1 aliphatic carbocycles. The number of aromatic nitrogens is 3. The van der Waals surface area contributed by atoms with Crippen molar-refractivity contribution in [1.82, 2.24) is 19.4 Å². The molecule has 0 atom stereocenters. The van der Waals surface area contributed by atoms with Gasteiger partial charge >= 0.3 is 0 Å². The SMILES string of the molecule is CN(C)C(=O)c1cc2cnc(Nc3ccc(-c4csc5c(=O)cc(N6CCOCC6)oc45)o3)nc2n1C1CCCC1. The van der Waals surface area contributed by atoms with Crippen LogP contribution >= 0.6 is 11.3 Å². The molecule has 1 aliphatic heterocycles. The first-order valence-corrected chi connectivity index (χ1v) is 14.7. The van der Waals surface area contributed by atoms with Crippen molar-refractivity contribution in [3.05, 3.63) is 51.8 Å². The molecular weight excluding hydrogens is 544 g/mol. The topological polar surface area (TPSA) is 119 Å². The Balaban J connectivity index is 1.20. The van der Waals surface area contributed by atoms with Gasteiger partial charge in [-0.25, -0.2) is 4.98 Å². The van der Waals surface area contributed by atoms with Gasteiger partial charge in [0.2, 0.25) is 11.4 Å². The number of carbonyl (C=O) groups is 1. The summed E-state index contributed by atoms with van der Waals surface area (Å²) in [7, 11) is 3.52. The lowest BCUT2D eigenvalue weighted by Crippen LogP contribution is -2.36. The summed E-state index contributed by atoms with van der Waals surface area (Å²) < 4.78 is 20.4. The molecule has 2 fully saturated rings. The van der Waals surface area contributed by atoms with Gasteiger partial charge in [0.15, 0.2) is 17.4 Å². The van der Waals surface area contributed by atoms with Gasteiger partial charge in [-0.15, -0.1) is 11.3 Å². The second-order valence-corrected chi connectivity index (χ2v) is 11.5. The summed E-state index contributed by atoms with van der Waals surface area (Å²) in [6.45, 7) is 2.53. The molecule has 0 aromatic carbocycles. The predicted molar refractivity (Wildman–Crippen MR) is 157 cm³/mol. The Morgan fingerprint density at radius 3 is 2.71 bits per heavy atom. The van der Waals surface area contributed by atoms with Crippen LogP contribution in [-0.2, 0) is 4.74 Å². The third-order valence-electron chi connectivity index (χ3n) is 7.75. The van der Waals surface area contributed by atoms with Crippen LogP contribution in [0.1, 0.15) is 42.2 Å². The summed E-state index contributed by atoms with van der Waals surface area (Å²) in [4.78, 5) is 38.8. The molecule has 1 saturated heterocycles. The van der Waals surface area contributed by atoms with Gasteiger partial charge in [0.05, 0.1) is 18.8 Å². The molecule has 5 aromatic heterocycles. The number of fused-ring (bicyclic) bond motifs is 2. The second-order valence-electron chi connectivity index (χ2n) is 10.7. The predicted octanol–water partition coefficient (Wildman–Crippen LogP) is 5.26. The summed E-state index contributed by atoms with van der Waals surface area (Å²) in [5.74, 6) is 1.88. The van der Waals surface area contributed by atoms with Gasteiger partial charge in [-0.2, -0.15) is 4.98 Å². The van der Waals surface area contributed by atoms with Crippen LogP contribution in [0.2, 0.25) is 0 Å². The molecule has 0 spiro atoms. The Bertz CT molecular complexity index is 1810. The highest BCUT2D eigenvalue weighted by atomic mass is 32.1. The standard InChI is InChI=1S/C29H30N6O5S/c1-33(2)28(37)20-13-17-15-30-29(32-27(17)35(20)18-5-3-4-6-18)31-23-8-7-22(39-23)19-16-41-26-21(36)14-24(40-25(19)26)34-9-11-38-12-10-34/h7-8,13-16,18H,3-6,9-12H2,1-2H3,(H,30,31,32). The number of hydrogen-bond acceptors (Lipinski definition) is 10. The number of nitrogens with one attached hydrogen (secondary N) is 1. The van der Waals surface area contributed by atoms with Gasteiger partial charge in [0.1, 0.15) is 21.8 Å². The number of ether oxygens (including phenoxy) is 1. The maximum absolute atomic E-state index is 13.0. The Hall–Kier alpha value is -4.16. The molecule has 1 amide bonds. The molecule has 7 rings (SSSR count). The minimum atomic E-state index is -0.0759. The van der Waals surface area contributed by atoms with E-state index in [4.69, 9.17) is 18.6 Å². The monoisotopic (exact) mass is 574 g/mol. The van der Waals surface area contributed by atoms with E-state index in [0.717, 1.165) is 36.7 Å². The maximum Gasteiger partial charge on any atom is 0.270 e. The Morgan fingerprint density at radius 2 is 1.93 bits per heavy atom. The van der Waals surface area contributed by atoms with E-state index in [2.05, 4.69) is 14.9 Å². The summed E-state index contributed by atoms with van der Waals surface area (Å²) in [5.41, 5.74) is 2.50. The van der Waals surface area contributed by atoms with Crippen molar-refractivity contribution >= 4 is 56.3 Å². The van der Waals surface area contributed by atoms with Gasteiger partial charge in [-0.1, -0.05) is 12.8 Å². The third-order valence-corrected chi connectivity index (χ3v) is 8.73. The molecule has 41 heavy (non-hydrogen) atoms. The fourth-order valence-corrected chi connectivity index (χ4v) is 6.59. The van der Waals surface area contributed by atoms with Crippen molar-refractivity contribution in [3.63, 3.8) is 0 Å². The summed E-state index contributed by atoms with van der Waals surface area (Å²) in [6, 6.07) is 7.29. The molecule has 6 heterocycles. The number of carbonyl (C=O) groups excluding carboxylic acids is 1. The van der Waals surface area contributed by atoms with Crippen molar-refractivity contribution in [2.24, 2.45) is 0 Å². The van der Waals surface area contributed by atoms with Crippen molar-refractivity contribution in [1.29, 1.82) is 0 Å². The van der Waals surface area contributed by atoms with E-state index in [1.807, 2.05) is 22.4 Å². The van der Waals surface area contributed by atoms with Crippen molar-refractivity contribution in [3.8, 4) is 11.3 Å². The number of anilines is 3. The Kier molecular flexibility index (Phi) is 6.51. The number of thiophene rings is 1. The number of furan rings is 1. The van der Waals surface area contributed by atoms with Crippen LogP contribution in [0.3, 0.4) is 0 Å². The van der Waals surface area contributed by atoms with Gasteiger partial charge in [0, 0.05) is 62.3 Å². The molecule has 1 N–H and O–H groups in total. The maximum atomic E-state index is 13.0. The fourth-order valence-electron chi connectivity index (χ4n) is 5.69. The quantitative estimate of drug-likeness (QED) is 0.290. The lowest BCUT2D eigenvalue weighted by atomic mass is 10.2. The highest BCUT2D eigenvalue weighted by Gasteiger charge is 2.27. The highest BCUT2D eigenvalue weighted by molar-refractivity contribution is 7.17. The molecule has 0 bridgehead atoms. The van der Waals surface area contributed by atoms with Gasteiger partial charge in [-0.05, 0) is 25.0 Å². The number of amides is 1. The van der Waals surface area contributed by atoms with E-state index >= 15 is 0 Å². The lowest BCUT2D eigenvalue weighted by molar-refractivity contribution is 0.0815. The van der Waals surface area contributed by atoms with E-state index in [-0.39, 0.29) is 17.4 Å². The van der Waals surface area contributed by atoms with E-state index in [1.54, 1.807) is 37.3 Å². The minimum absolute atomic E-state index is 0.0495. The van der Waals surface area contributed by atoms with Crippen LogP contribution in [0.5, 0.6) is 0 Å². The van der Waals surface area contributed by atoms with E-state index in [9.17, 15) is 9.59 Å². The summed E-state index contributed by atoms with van der Waals surface area (Å²) in [6.07, 6.45) is 6.04. The zero-order chi connectivity index (χ0) is 28.1. The van der Waals surface area contributed by atoms with Crippen LogP contribution in [0.15, 0.2) is 49.5 Å². The van der Waals surface area contributed by atoms with Crippen LogP contribution < -0.4 is 15.6 Å². The zero-order valence-corrected chi connectivity index (χ0v) is 23.7. The molecule has 11 nitrogen and oxygen atoms in total. The summed E-state index contributed by atoms with van der Waals surface area (Å²) in [5, 5.41) is 5.87. The normalized spacial score (nSPS) is 16.2. The highest BCUT2D eigenvalue weighted by Crippen LogP contribution is 2.38. The van der Waals surface area contributed by atoms with Crippen LogP contribution in [-0.4, -0.2) is 65.7 Å². The molecule has 12 heteroatoms. The summed E-state index contributed by atoms with van der Waals surface area (Å²) >= 11 is 1.34. The minimum Gasteiger partial charge on any atom is -0.440 e. The van der Waals surface area contributed by atoms with Gasteiger partial charge in [-0.3, -0.25) is 14.9 Å². The Morgan fingerprint density at radius 1 is 1.12 bits per heavy atom.